The predicted molar refractivity (Wildman–Crippen MR) is 81.0 cm³/mol. The van der Waals surface area contributed by atoms with Gasteiger partial charge in [-0.1, -0.05) is 28.9 Å². The van der Waals surface area contributed by atoms with E-state index in [-0.39, 0.29) is 12.0 Å². The fraction of sp³-hybridized carbons (Fsp3) is 0.467. The molecule has 0 saturated carbocycles. The summed E-state index contributed by atoms with van der Waals surface area (Å²) in [6.07, 6.45) is 0. The molecule has 0 unspecified atom stereocenters. The molecule has 0 aliphatic carbocycles. The quantitative estimate of drug-likeness (QED) is 0.883. The Labute approximate surface area is 127 Å². The molecule has 5 nitrogen and oxygen atoms in total. The molecule has 1 aromatic heterocycles. The van der Waals surface area contributed by atoms with Crippen molar-refractivity contribution in [1.82, 2.24) is 10.1 Å². The second kappa shape index (κ2) is 6.17. The lowest BCUT2D eigenvalue weighted by atomic mass is 9.90. The minimum Gasteiger partial charge on any atom is -0.396 e. The van der Waals surface area contributed by atoms with Crippen LogP contribution in [-0.2, 0) is 10.5 Å². The van der Waals surface area contributed by atoms with Gasteiger partial charge in [0.15, 0.2) is 0 Å². The highest BCUT2D eigenvalue weighted by molar-refractivity contribution is 7.98. The smallest absolute Gasteiger partial charge is 0.236 e. The number of aromatic nitrogens is 2. The maximum atomic E-state index is 9.37. The Balaban J connectivity index is 1.58. The number of hydrogen-bond donors (Lipinski definition) is 1. The number of aliphatic hydroxyl groups excluding tert-OH is 1. The van der Waals surface area contributed by atoms with E-state index in [2.05, 4.69) is 10.1 Å². The van der Waals surface area contributed by atoms with Crippen LogP contribution in [0.1, 0.15) is 11.5 Å². The molecule has 2 heterocycles. The van der Waals surface area contributed by atoms with Crippen molar-refractivity contribution in [2.75, 3.05) is 25.6 Å². The van der Waals surface area contributed by atoms with Crippen molar-refractivity contribution in [2.45, 2.75) is 12.7 Å². The summed E-state index contributed by atoms with van der Waals surface area (Å²) in [6.45, 7) is 3.47. The summed E-state index contributed by atoms with van der Waals surface area (Å²) in [6, 6.07) is 8.03. The monoisotopic (exact) mass is 306 g/mol. The Morgan fingerprint density at radius 1 is 1.38 bits per heavy atom. The van der Waals surface area contributed by atoms with Crippen LogP contribution in [0.4, 0.5) is 0 Å². The molecular weight excluding hydrogens is 288 g/mol. The van der Waals surface area contributed by atoms with Gasteiger partial charge in [0.05, 0.1) is 25.6 Å². The Hall–Kier alpha value is -1.37. The zero-order valence-corrected chi connectivity index (χ0v) is 12.7. The SMILES string of the molecule is Cc1cccc(-c2noc(CSCC3(CO)COC3)n2)c1. The predicted octanol–water partition coefficient (Wildman–Crippen LogP) is 2.29. The first-order valence-corrected chi connectivity index (χ1v) is 8.02. The minimum absolute atomic E-state index is 0.0793. The van der Waals surface area contributed by atoms with E-state index in [4.69, 9.17) is 9.26 Å². The third-order valence-corrected chi connectivity index (χ3v) is 4.80. The Bertz CT molecular complexity index is 605. The van der Waals surface area contributed by atoms with E-state index < -0.39 is 0 Å². The number of aliphatic hydroxyl groups is 1. The molecule has 0 amide bonds. The van der Waals surface area contributed by atoms with E-state index in [0.717, 1.165) is 11.3 Å². The summed E-state index contributed by atoms with van der Waals surface area (Å²) < 4.78 is 10.5. The topological polar surface area (TPSA) is 68.4 Å². The number of thioether (sulfide) groups is 1. The average Bonchev–Trinajstić information content (AvgIpc) is 2.91. The number of benzene rings is 1. The number of aryl methyl sites for hydroxylation is 1. The van der Waals surface area contributed by atoms with Crippen molar-refractivity contribution in [1.29, 1.82) is 0 Å². The van der Waals surface area contributed by atoms with Gasteiger partial charge in [0.1, 0.15) is 0 Å². The molecule has 1 fully saturated rings. The van der Waals surface area contributed by atoms with Gasteiger partial charge in [-0.2, -0.15) is 16.7 Å². The molecule has 0 bridgehead atoms. The normalized spacial score (nSPS) is 16.7. The van der Waals surface area contributed by atoms with Gasteiger partial charge in [0.25, 0.3) is 0 Å². The fourth-order valence-corrected chi connectivity index (χ4v) is 3.27. The zero-order valence-electron chi connectivity index (χ0n) is 11.9. The van der Waals surface area contributed by atoms with E-state index in [1.165, 1.54) is 5.56 Å². The molecule has 1 N–H and O–H groups in total. The fourth-order valence-electron chi connectivity index (χ4n) is 2.18. The van der Waals surface area contributed by atoms with Crippen LogP contribution in [0, 0.1) is 12.3 Å². The van der Waals surface area contributed by atoms with Crippen molar-refractivity contribution in [3.63, 3.8) is 0 Å². The van der Waals surface area contributed by atoms with Gasteiger partial charge in [0, 0.05) is 16.7 Å². The zero-order chi connectivity index (χ0) is 14.7. The molecule has 0 spiro atoms. The number of nitrogens with zero attached hydrogens (tertiary/aromatic N) is 2. The molecule has 1 aliphatic heterocycles. The lowest BCUT2D eigenvalue weighted by molar-refractivity contribution is -0.121. The van der Waals surface area contributed by atoms with Crippen LogP contribution >= 0.6 is 11.8 Å². The van der Waals surface area contributed by atoms with Gasteiger partial charge in [-0.15, -0.1) is 0 Å². The first-order chi connectivity index (χ1) is 10.2. The van der Waals surface area contributed by atoms with Crippen LogP contribution in [0.5, 0.6) is 0 Å². The first-order valence-electron chi connectivity index (χ1n) is 6.87. The molecule has 21 heavy (non-hydrogen) atoms. The number of rotatable bonds is 6. The van der Waals surface area contributed by atoms with Gasteiger partial charge in [-0.25, -0.2) is 0 Å². The van der Waals surface area contributed by atoms with Crippen LogP contribution in [0.25, 0.3) is 11.4 Å². The average molecular weight is 306 g/mol. The summed E-state index contributed by atoms with van der Waals surface area (Å²) in [4.78, 5) is 4.42. The molecular formula is C15H18N2O3S. The summed E-state index contributed by atoms with van der Waals surface area (Å²) in [5.41, 5.74) is 2.06. The lowest BCUT2D eigenvalue weighted by Crippen LogP contribution is -2.47. The van der Waals surface area contributed by atoms with Crippen LogP contribution in [0.2, 0.25) is 0 Å². The molecule has 112 valence electrons. The molecule has 1 saturated heterocycles. The van der Waals surface area contributed by atoms with Gasteiger partial charge in [-0.05, 0) is 13.0 Å². The third-order valence-electron chi connectivity index (χ3n) is 3.53. The molecule has 1 aliphatic rings. The number of hydrogen-bond acceptors (Lipinski definition) is 6. The second-order valence-electron chi connectivity index (χ2n) is 5.52. The Morgan fingerprint density at radius 3 is 2.90 bits per heavy atom. The van der Waals surface area contributed by atoms with Crippen LogP contribution in [0.15, 0.2) is 28.8 Å². The third kappa shape index (κ3) is 3.28. The van der Waals surface area contributed by atoms with Gasteiger partial charge in [0.2, 0.25) is 11.7 Å². The summed E-state index contributed by atoms with van der Waals surface area (Å²) in [5.74, 6) is 2.73. The summed E-state index contributed by atoms with van der Waals surface area (Å²) >= 11 is 1.69. The molecule has 2 aromatic rings. The van der Waals surface area contributed by atoms with Crippen molar-refractivity contribution >= 4 is 11.8 Å². The van der Waals surface area contributed by atoms with E-state index in [1.54, 1.807) is 11.8 Å². The maximum absolute atomic E-state index is 9.37. The van der Waals surface area contributed by atoms with Crippen LogP contribution < -0.4 is 0 Å². The van der Waals surface area contributed by atoms with Crippen LogP contribution in [-0.4, -0.2) is 40.8 Å². The van der Waals surface area contributed by atoms with E-state index in [9.17, 15) is 5.11 Å². The summed E-state index contributed by atoms with van der Waals surface area (Å²) in [7, 11) is 0. The Morgan fingerprint density at radius 2 is 2.24 bits per heavy atom. The lowest BCUT2D eigenvalue weighted by Gasteiger charge is -2.39. The van der Waals surface area contributed by atoms with E-state index in [1.807, 2.05) is 31.2 Å². The molecule has 0 atom stereocenters. The van der Waals surface area contributed by atoms with Gasteiger partial charge < -0.3 is 14.4 Å². The number of ether oxygens (including phenoxy) is 1. The van der Waals surface area contributed by atoms with E-state index in [0.29, 0.717) is 30.7 Å². The summed E-state index contributed by atoms with van der Waals surface area (Å²) in [5, 5.41) is 13.4. The molecule has 1 aromatic carbocycles. The second-order valence-corrected chi connectivity index (χ2v) is 6.51. The molecule has 6 heteroatoms. The highest BCUT2D eigenvalue weighted by atomic mass is 32.2. The largest absolute Gasteiger partial charge is 0.396 e. The van der Waals surface area contributed by atoms with Gasteiger partial charge in [-0.3, -0.25) is 0 Å². The van der Waals surface area contributed by atoms with Crippen molar-refractivity contribution in [3.05, 3.63) is 35.7 Å². The van der Waals surface area contributed by atoms with E-state index >= 15 is 0 Å². The van der Waals surface area contributed by atoms with Gasteiger partial charge >= 0.3 is 0 Å². The first kappa shape index (κ1) is 14.6. The molecule has 0 radical (unpaired) electrons. The highest BCUT2D eigenvalue weighted by Gasteiger charge is 2.37. The standard InChI is InChI=1S/C15H18N2O3S/c1-11-3-2-4-12(5-11)14-16-13(20-17-14)6-21-10-15(7-18)8-19-9-15/h2-5,18H,6-10H2,1H3. The van der Waals surface area contributed by atoms with Crippen molar-refractivity contribution in [2.24, 2.45) is 5.41 Å². The van der Waals surface area contributed by atoms with Crippen molar-refractivity contribution in [3.8, 4) is 11.4 Å². The minimum atomic E-state index is -0.0793. The van der Waals surface area contributed by atoms with Crippen molar-refractivity contribution < 1.29 is 14.4 Å². The highest BCUT2D eigenvalue weighted by Crippen LogP contribution is 2.32. The Kier molecular flexibility index (Phi) is 4.28. The van der Waals surface area contributed by atoms with Crippen LogP contribution in [0.3, 0.4) is 0 Å². The molecule has 3 rings (SSSR count). The maximum Gasteiger partial charge on any atom is 0.236 e.